The summed E-state index contributed by atoms with van der Waals surface area (Å²) in [5.41, 5.74) is 5.72. The Hall–Kier alpha value is -1.35. The molecule has 148 valence electrons. The number of methoxy groups -OCH3 is 1. The van der Waals surface area contributed by atoms with Gasteiger partial charge in [0.05, 0.1) is 12.0 Å². The summed E-state index contributed by atoms with van der Waals surface area (Å²) in [5.74, 6) is 0.423. The highest BCUT2D eigenvalue weighted by atomic mass is 35.5. The molecule has 0 heterocycles. The molecule has 1 aromatic rings. The molecule has 1 aliphatic carbocycles. The first kappa shape index (κ1) is 22.7. The Balaban J connectivity index is 0.00000338. The number of carbonyl (C=O) groups excluding carboxylic acids is 1. The van der Waals surface area contributed by atoms with Crippen molar-refractivity contribution in [1.82, 2.24) is 10.0 Å². The first-order chi connectivity index (χ1) is 11.8. The lowest BCUT2D eigenvalue weighted by Crippen LogP contribution is -2.53. The van der Waals surface area contributed by atoms with E-state index < -0.39 is 16.1 Å². The predicted molar refractivity (Wildman–Crippen MR) is 103 cm³/mol. The molecule has 0 aromatic heterocycles. The van der Waals surface area contributed by atoms with E-state index in [0.717, 1.165) is 12.8 Å². The number of hydrogen-bond acceptors (Lipinski definition) is 5. The average molecular weight is 406 g/mol. The van der Waals surface area contributed by atoms with E-state index in [4.69, 9.17) is 10.5 Å². The third-order valence-corrected chi connectivity index (χ3v) is 5.83. The molecule has 2 atom stereocenters. The summed E-state index contributed by atoms with van der Waals surface area (Å²) in [4.78, 5) is 12.7. The van der Waals surface area contributed by atoms with Gasteiger partial charge in [-0.3, -0.25) is 4.79 Å². The quantitative estimate of drug-likeness (QED) is 0.573. The van der Waals surface area contributed by atoms with Gasteiger partial charge in [-0.05, 0) is 48.9 Å². The molecular weight excluding hydrogens is 378 g/mol. The Bertz CT molecular complexity index is 690. The Morgan fingerprint density at radius 2 is 1.85 bits per heavy atom. The maximum atomic E-state index is 12.6. The second-order valence-electron chi connectivity index (χ2n) is 6.71. The van der Waals surface area contributed by atoms with E-state index in [0.29, 0.717) is 18.2 Å². The number of hydrogen-bond donors (Lipinski definition) is 3. The van der Waals surface area contributed by atoms with Crippen molar-refractivity contribution >= 4 is 28.3 Å². The van der Waals surface area contributed by atoms with E-state index in [1.54, 1.807) is 26.0 Å². The molecule has 1 fully saturated rings. The predicted octanol–water partition coefficient (Wildman–Crippen LogP) is 1.27. The molecule has 1 amide bonds. The molecule has 2 rings (SSSR count). The van der Waals surface area contributed by atoms with Crippen molar-refractivity contribution in [1.29, 1.82) is 0 Å². The fourth-order valence-corrected chi connectivity index (χ4v) is 3.97. The van der Waals surface area contributed by atoms with Crippen LogP contribution in [0.4, 0.5) is 0 Å². The van der Waals surface area contributed by atoms with Crippen molar-refractivity contribution in [3.63, 3.8) is 0 Å². The van der Waals surface area contributed by atoms with Gasteiger partial charge in [0.25, 0.3) is 0 Å². The zero-order valence-electron chi connectivity index (χ0n) is 15.3. The molecule has 1 saturated carbocycles. The second kappa shape index (κ2) is 9.55. The minimum absolute atomic E-state index is 0. The van der Waals surface area contributed by atoms with Crippen LogP contribution in [0.2, 0.25) is 0 Å². The maximum absolute atomic E-state index is 12.6. The van der Waals surface area contributed by atoms with Crippen LogP contribution in [0.1, 0.15) is 26.7 Å². The van der Waals surface area contributed by atoms with Crippen LogP contribution < -0.4 is 20.5 Å². The molecule has 4 N–H and O–H groups in total. The summed E-state index contributed by atoms with van der Waals surface area (Å²) in [7, 11) is -2.31. The lowest BCUT2D eigenvalue weighted by atomic mass is 10.0. The van der Waals surface area contributed by atoms with E-state index in [-0.39, 0.29) is 35.2 Å². The zero-order chi connectivity index (χ0) is 18.6. The number of nitrogens with two attached hydrogens (primary N) is 1. The molecule has 7 nitrogen and oxygen atoms in total. The Labute approximate surface area is 161 Å². The molecule has 0 bridgehead atoms. The van der Waals surface area contributed by atoms with Crippen LogP contribution in [-0.4, -0.2) is 40.1 Å². The summed E-state index contributed by atoms with van der Waals surface area (Å²) in [6, 6.07) is 5.07. The number of carbonyl (C=O) groups is 1. The van der Waals surface area contributed by atoms with E-state index >= 15 is 0 Å². The minimum atomic E-state index is -3.82. The first-order valence-corrected chi connectivity index (χ1v) is 9.93. The van der Waals surface area contributed by atoms with Crippen LogP contribution in [0.3, 0.4) is 0 Å². The van der Waals surface area contributed by atoms with Crippen molar-refractivity contribution in [2.24, 2.45) is 17.6 Å². The number of benzene rings is 1. The highest BCUT2D eigenvalue weighted by molar-refractivity contribution is 7.89. The van der Waals surface area contributed by atoms with Crippen molar-refractivity contribution in [3.05, 3.63) is 24.3 Å². The lowest BCUT2D eigenvalue weighted by Gasteiger charge is -2.25. The number of halogens is 1. The third-order valence-electron chi connectivity index (χ3n) is 4.37. The molecule has 0 radical (unpaired) electrons. The smallest absolute Gasteiger partial charge is 0.241 e. The maximum Gasteiger partial charge on any atom is 0.241 e. The van der Waals surface area contributed by atoms with Gasteiger partial charge >= 0.3 is 0 Å². The highest BCUT2D eigenvalue weighted by Gasteiger charge is 2.34. The molecule has 0 saturated heterocycles. The van der Waals surface area contributed by atoms with E-state index in [2.05, 4.69) is 10.0 Å². The zero-order valence-corrected chi connectivity index (χ0v) is 16.9. The van der Waals surface area contributed by atoms with Gasteiger partial charge in [-0.1, -0.05) is 13.8 Å². The number of ether oxygens (including phenoxy) is 1. The fourth-order valence-electron chi connectivity index (χ4n) is 2.62. The molecule has 1 aliphatic rings. The Kier molecular flexibility index (Phi) is 8.33. The average Bonchev–Trinajstić information content (AvgIpc) is 3.42. The summed E-state index contributed by atoms with van der Waals surface area (Å²) in [6.07, 6.45) is 2.10. The molecule has 2 unspecified atom stereocenters. The SMILES string of the molecule is COc1ccc(S(=O)(=O)NC(C(=O)NC(CN)C2CC2)C(C)C)cc1.Cl. The van der Waals surface area contributed by atoms with Crippen molar-refractivity contribution in [2.45, 2.75) is 43.7 Å². The topological polar surface area (TPSA) is 111 Å². The molecule has 0 aliphatic heterocycles. The molecule has 9 heteroatoms. The van der Waals surface area contributed by atoms with Gasteiger partial charge in [0.2, 0.25) is 15.9 Å². The number of nitrogens with one attached hydrogen (secondary N) is 2. The number of rotatable bonds is 9. The summed E-state index contributed by atoms with van der Waals surface area (Å²) < 4.78 is 32.7. The van der Waals surface area contributed by atoms with Crippen LogP contribution in [-0.2, 0) is 14.8 Å². The Morgan fingerprint density at radius 3 is 2.27 bits per heavy atom. The highest BCUT2D eigenvalue weighted by Crippen LogP contribution is 2.32. The van der Waals surface area contributed by atoms with Crippen LogP contribution >= 0.6 is 12.4 Å². The molecular formula is C17H28ClN3O4S. The van der Waals surface area contributed by atoms with Crippen LogP contribution in [0.15, 0.2) is 29.2 Å². The number of amides is 1. The third kappa shape index (κ3) is 5.84. The second-order valence-corrected chi connectivity index (χ2v) is 8.42. The number of sulfonamides is 1. The standard InChI is InChI=1S/C17H27N3O4S.ClH/c1-11(2)16(17(21)19-15(10-18)12-4-5-12)20-25(22,23)14-8-6-13(24-3)7-9-14;/h6-9,11-12,15-16,20H,4-5,10,18H2,1-3H3,(H,19,21);1H. The van der Waals surface area contributed by atoms with Gasteiger partial charge in [-0.2, -0.15) is 4.72 Å². The molecule has 26 heavy (non-hydrogen) atoms. The van der Waals surface area contributed by atoms with Gasteiger partial charge < -0.3 is 15.8 Å². The van der Waals surface area contributed by atoms with Crippen molar-refractivity contribution < 1.29 is 17.9 Å². The van der Waals surface area contributed by atoms with Crippen molar-refractivity contribution in [3.8, 4) is 5.75 Å². The molecule has 1 aromatic carbocycles. The van der Waals surface area contributed by atoms with E-state index in [1.807, 2.05) is 0 Å². The minimum Gasteiger partial charge on any atom is -0.497 e. The van der Waals surface area contributed by atoms with Gasteiger partial charge in [0.1, 0.15) is 11.8 Å². The summed E-state index contributed by atoms with van der Waals surface area (Å²) >= 11 is 0. The largest absolute Gasteiger partial charge is 0.497 e. The fraction of sp³-hybridized carbons (Fsp3) is 0.588. The summed E-state index contributed by atoms with van der Waals surface area (Å²) in [6.45, 7) is 3.96. The summed E-state index contributed by atoms with van der Waals surface area (Å²) in [5, 5.41) is 2.89. The van der Waals surface area contributed by atoms with E-state index in [1.165, 1.54) is 19.2 Å². The van der Waals surface area contributed by atoms with Crippen LogP contribution in [0, 0.1) is 11.8 Å². The van der Waals surface area contributed by atoms with Crippen LogP contribution in [0.25, 0.3) is 0 Å². The van der Waals surface area contributed by atoms with Gasteiger partial charge in [-0.25, -0.2) is 8.42 Å². The van der Waals surface area contributed by atoms with Gasteiger partial charge in [0.15, 0.2) is 0 Å². The van der Waals surface area contributed by atoms with Gasteiger partial charge in [-0.15, -0.1) is 12.4 Å². The van der Waals surface area contributed by atoms with Crippen molar-refractivity contribution in [2.75, 3.05) is 13.7 Å². The lowest BCUT2D eigenvalue weighted by molar-refractivity contribution is -0.124. The first-order valence-electron chi connectivity index (χ1n) is 8.45. The molecule has 0 spiro atoms. The van der Waals surface area contributed by atoms with Gasteiger partial charge in [0, 0.05) is 12.6 Å². The monoisotopic (exact) mass is 405 g/mol. The van der Waals surface area contributed by atoms with E-state index in [9.17, 15) is 13.2 Å². The Morgan fingerprint density at radius 1 is 1.27 bits per heavy atom. The van der Waals surface area contributed by atoms with Crippen LogP contribution in [0.5, 0.6) is 5.75 Å². The normalized spacial score (nSPS) is 16.5.